The highest BCUT2D eigenvalue weighted by atomic mass is 32.2. The molecule has 1 aliphatic rings. The van der Waals surface area contributed by atoms with Crippen molar-refractivity contribution in [2.75, 3.05) is 17.0 Å². The smallest absolute Gasteiger partial charge is 0.234 e. The maximum absolute atomic E-state index is 13.4. The molecule has 1 atom stereocenters. The van der Waals surface area contributed by atoms with E-state index in [4.69, 9.17) is 0 Å². The van der Waals surface area contributed by atoms with Crippen molar-refractivity contribution in [3.63, 3.8) is 0 Å². The van der Waals surface area contributed by atoms with E-state index in [1.807, 2.05) is 4.72 Å². The van der Waals surface area contributed by atoms with Gasteiger partial charge in [-0.3, -0.25) is 4.72 Å². The standard InChI is InChI=1S/C12H16F2N2O2S/c13-10-5-3-6-11(14)12(10)16-19(17,18)8-9-4-1-2-7-15-9/h3,5-6,9,15-16H,1-2,4,7-8H2. The van der Waals surface area contributed by atoms with Crippen LogP contribution < -0.4 is 10.0 Å². The first-order chi connectivity index (χ1) is 8.98. The summed E-state index contributed by atoms with van der Waals surface area (Å²) in [7, 11) is -3.77. The number of piperidine rings is 1. The van der Waals surface area contributed by atoms with Crippen LogP contribution in [0.15, 0.2) is 18.2 Å². The fraction of sp³-hybridized carbons (Fsp3) is 0.500. The Morgan fingerprint density at radius 2 is 1.95 bits per heavy atom. The van der Waals surface area contributed by atoms with Gasteiger partial charge in [-0.25, -0.2) is 17.2 Å². The van der Waals surface area contributed by atoms with Crippen LogP contribution in [0, 0.1) is 11.6 Å². The van der Waals surface area contributed by atoms with Crippen LogP contribution in [0.25, 0.3) is 0 Å². The predicted molar refractivity (Wildman–Crippen MR) is 69.4 cm³/mol. The molecule has 7 heteroatoms. The minimum Gasteiger partial charge on any atom is -0.313 e. The van der Waals surface area contributed by atoms with E-state index in [1.165, 1.54) is 6.07 Å². The van der Waals surface area contributed by atoms with Gasteiger partial charge in [0.15, 0.2) is 0 Å². The van der Waals surface area contributed by atoms with E-state index in [0.29, 0.717) is 0 Å². The summed E-state index contributed by atoms with van der Waals surface area (Å²) in [5.41, 5.74) is -0.613. The van der Waals surface area contributed by atoms with E-state index in [-0.39, 0.29) is 11.8 Å². The van der Waals surface area contributed by atoms with Crippen LogP contribution in [-0.4, -0.2) is 26.8 Å². The van der Waals surface area contributed by atoms with Gasteiger partial charge in [0, 0.05) is 6.04 Å². The second-order valence-electron chi connectivity index (χ2n) is 4.63. The number of rotatable bonds is 4. The lowest BCUT2D eigenvalue weighted by atomic mass is 10.1. The van der Waals surface area contributed by atoms with Crippen molar-refractivity contribution in [2.45, 2.75) is 25.3 Å². The number of hydrogen-bond acceptors (Lipinski definition) is 3. The fourth-order valence-electron chi connectivity index (χ4n) is 2.12. The summed E-state index contributed by atoms with van der Waals surface area (Å²) >= 11 is 0. The lowest BCUT2D eigenvalue weighted by Crippen LogP contribution is -2.40. The normalized spacial score (nSPS) is 20.2. The van der Waals surface area contributed by atoms with E-state index >= 15 is 0 Å². The van der Waals surface area contributed by atoms with E-state index in [1.54, 1.807) is 0 Å². The third kappa shape index (κ3) is 3.87. The van der Waals surface area contributed by atoms with Crippen molar-refractivity contribution in [1.29, 1.82) is 0 Å². The Hall–Kier alpha value is -1.21. The van der Waals surface area contributed by atoms with Crippen LogP contribution >= 0.6 is 0 Å². The number of halogens is 2. The lowest BCUT2D eigenvalue weighted by Gasteiger charge is -2.23. The van der Waals surface area contributed by atoms with Crippen molar-refractivity contribution >= 4 is 15.7 Å². The van der Waals surface area contributed by atoms with Gasteiger partial charge in [-0.15, -0.1) is 0 Å². The Morgan fingerprint density at radius 3 is 2.53 bits per heavy atom. The number of nitrogens with one attached hydrogen (secondary N) is 2. The fourth-order valence-corrected chi connectivity index (χ4v) is 3.53. The Kier molecular flexibility index (Phi) is 4.36. The molecule has 1 aliphatic heterocycles. The molecule has 0 aromatic heterocycles. The van der Waals surface area contributed by atoms with Crippen LogP contribution in [0.4, 0.5) is 14.5 Å². The minimum atomic E-state index is -3.77. The maximum Gasteiger partial charge on any atom is 0.234 e. The van der Waals surface area contributed by atoms with Gasteiger partial charge in [0.25, 0.3) is 0 Å². The average Bonchev–Trinajstić information content (AvgIpc) is 2.35. The summed E-state index contributed by atoms with van der Waals surface area (Å²) in [4.78, 5) is 0. The lowest BCUT2D eigenvalue weighted by molar-refractivity contribution is 0.424. The highest BCUT2D eigenvalue weighted by Gasteiger charge is 2.23. The predicted octanol–water partition coefficient (Wildman–Crippen LogP) is 1.85. The largest absolute Gasteiger partial charge is 0.313 e. The van der Waals surface area contributed by atoms with Gasteiger partial charge in [0.2, 0.25) is 10.0 Å². The van der Waals surface area contributed by atoms with E-state index < -0.39 is 27.3 Å². The first-order valence-corrected chi connectivity index (χ1v) is 7.81. The molecule has 1 saturated heterocycles. The number of benzene rings is 1. The molecule has 1 heterocycles. The molecule has 1 aromatic rings. The van der Waals surface area contributed by atoms with E-state index in [2.05, 4.69) is 5.32 Å². The summed E-state index contributed by atoms with van der Waals surface area (Å²) in [6.07, 6.45) is 2.73. The van der Waals surface area contributed by atoms with Gasteiger partial charge >= 0.3 is 0 Å². The number of para-hydroxylation sites is 1. The molecule has 2 rings (SSSR count). The number of sulfonamides is 1. The van der Waals surface area contributed by atoms with Crippen molar-refractivity contribution in [3.05, 3.63) is 29.8 Å². The number of hydrogen-bond donors (Lipinski definition) is 2. The van der Waals surface area contributed by atoms with Gasteiger partial charge in [-0.1, -0.05) is 12.5 Å². The van der Waals surface area contributed by atoms with Crippen molar-refractivity contribution in [2.24, 2.45) is 0 Å². The summed E-state index contributed by atoms with van der Waals surface area (Å²) in [5, 5.41) is 3.08. The Balaban J connectivity index is 2.08. The third-order valence-corrected chi connectivity index (χ3v) is 4.41. The highest BCUT2D eigenvalue weighted by molar-refractivity contribution is 7.92. The van der Waals surface area contributed by atoms with Crippen LogP contribution in [-0.2, 0) is 10.0 Å². The molecule has 1 unspecified atom stereocenters. The first-order valence-electron chi connectivity index (χ1n) is 6.16. The zero-order chi connectivity index (χ0) is 13.9. The molecule has 106 valence electrons. The zero-order valence-electron chi connectivity index (χ0n) is 10.3. The molecule has 19 heavy (non-hydrogen) atoms. The molecule has 0 amide bonds. The number of anilines is 1. The molecule has 1 fully saturated rings. The summed E-state index contributed by atoms with van der Waals surface area (Å²) in [5.74, 6) is -2.01. The second-order valence-corrected chi connectivity index (χ2v) is 6.39. The average molecular weight is 290 g/mol. The Morgan fingerprint density at radius 1 is 1.26 bits per heavy atom. The first kappa shape index (κ1) is 14.2. The molecule has 0 aliphatic carbocycles. The SMILES string of the molecule is O=S(=O)(CC1CCCCN1)Nc1c(F)cccc1F. The maximum atomic E-state index is 13.4. The summed E-state index contributed by atoms with van der Waals surface area (Å²) in [6, 6.07) is 3.05. The van der Waals surface area contributed by atoms with Crippen LogP contribution in [0.1, 0.15) is 19.3 Å². The van der Waals surface area contributed by atoms with Gasteiger partial charge in [-0.2, -0.15) is 0 Å². The van der Waals surface area contributed by atoms with Gasteiger partial charge in [0.1, 0.15) is 17.3 Å². The molecule has 4 nitrogen and oxygen atoms in total. The highest BCUT2D eigenvalue weighted by Crippen LogP contribution is 2.20. The van der Waals surface area contributed by atoms with Gasteiger partial charge < -0.3 is 5.32 Å². The quantitative estimate of drug-likeness (QED) is 0.889. The summed E-state index contributed by atoms with van der Waals surface area (Å²) in [6.45, 7) is 0.772. The topological polar surface area (TPSA) is 58.2 Å². The second kappa shape index (κ2) is 5.83. The molecule has 0 radical (unpaired) electrons. The Bertz CT molecular complexity index is 522. The molecule has 0 saturated carbocycles. The van der Waals surface area contributed by atoms with Crippen molar-refractivity contribution < 1.29 is 17.2 Å². The molecular weight excluding hydrogens is 274 g/mol. The molecule has 2 N–H and O–H groups in total. The Labute approximate surface area is 111 Å². The monoisotopic (exact) mass is 290 g/mol. The molecule has 0 bridgehead atoms. The third-order valence-electron chi connectivity index (χ3n) is 3.05. The summed E-state index contributed by atoms with van der Waals surface area (Å²) < 4.78 is 52.5. The molecule has 1 aromatic carbocycles. The van der Waals surface area contributed by atoms with Gasteiger partial charge in [0.05, 0.1) is 5.75 Å². The molecular formula is C12H16F2N2O2S. The van der Waals surface area contributed by atoms with E-state index in [9.17, 15) is 17.2 Å². The molecule has 0 spiro atoms. The minimum absolute atomic E-state index is 0.166. The van der Waals surface area contributed by atoms with Crippen molar-refractivity contribution in [3.8, 4) is 0 Å². The zero-order valence-corrected chi connectivity index (χ0v) is 11.1. The van der Waals surface area contributed by atoms with Gasteiger partial charge in [-0.05, 0) is 31.5 Å². The van der Waals surface area contributed by atoms with Crippen molar-refractivity contribution in [1.82, 2.24) is 5.32 Å². The van der Waals surface area contributed by atoms with Crippen LogP contribution in [0.2, 0.25) is 0 Å². The van der Waals surface area contributed by atoms with Crippen LogP contribution in [0.5, 0.6) is 0 Å². The van der Waals surface area contributed by atoms with Crippen LogP contribution in [0.3, 0.4) is 0 Å². The van der Waals surface area contributed by atoms with E-state index in [0.717, 1.165) is 37.9 Å².